The Labute approximate surface area is 131 Å². The summed E-state index contributed by atoms with van der Waals surface area (Å²) in [6.45, 7) is 1.57. The van der Waals surface area contributed by atoms with Crippen LogP contribution in [0.1, 0.15) is 11.1 Å². The van der Waals surface area contributed by atoms with Gasteiger partial charge in [0.05, 0.1) is 0 Å². The average Bonchev–Trinajstić information content (AvgIpc) is 2.40. The summed E-state index contributed by atoms with van der Waals surface area (Å²) >= 11 is 5.78. The summed E-state index contributed by atoms with van der Waals surface area (Å²) in [7, 11) is 1.42. The van der Waals surface area contributed by atoms with Gasteiger partial charge in [-0.3, -0.25) is 0 Å². The summed E-state index contributed by atoms with van der Waals surface area (Å²) in [4.78, 5) is -0.147. The lowest BCUT2D eigenvalue weighted by molar-refractivity contribution is 0.292. The van der Waals surface area contributed by atoms with Gasteiger partial charge in [0.1, 0.15) is 23.1 Å². The van der Waals surface area contributed by atoms with Gasteiger partial charge in [0.15, 0.2) is 0 Å². The van der Waals surface area contributed by atoms with Gasteiger partial charge in [-0.25, -0.2) is 12.8 Å². The lowest BCUT2D eigenvalue weighted by Gasteiger charge is -2.11. The third kappa shape index (κ3) is 4.09. The summed E-state index contributed by atoms with van der Waals surface area (Å²) in [5.41, 5.74) is 0.941. The highest BCUT2D eigenvalue weighted by atomic mass is 35.7. The van der Waals surface area contributed by atoms with Gasteiger partial charge < -0.3 is 4.74 Å². The van der Waals surface area contributed by atoms with Crippen LogP contribution in [0, 0.1) is 12.7 Å². The number of aryl methyl sites for hydroxylation is 1. The van der Waals surface area contributed by atoms with Crippen molar-refractivity contribution in [2.45, 2.75) is 18.4 Å². The van der Waals surface area contributed by atoms with Crippen molar-refractivity contribution in [3.05, 3.63) is 58.4 Å². The van der Waals surface area contributed by atoms with Crippen LogP contribution in [0.2, 0.25) is 5.02 Å². The van der Waals surface area contributed by atoms with Crippen molar-refractivity contribution >= 4 is 31.3 Å². The molecule has 0 aromatic heterocycles. The maximum atomic E-state index is 13.6. The lowest BCUT2D eigenvalue weighted by Crippen LogP contribution is -2.02. The first-order chi connectivity index (χ1) is 9.77. The molecule has 0 aliphatic carbocycles. The van der Waals surface area contributed by atoms with Crippen LogP contribution in [0.5, 0.6) is 5.75 Å². The zero-order valence-electron chi connectivity index (χ0n) is 10.9. The Bertz CT molecular complexity index is 776. The topological polar surface area (TPSA) is 43.4 Å². The van der Waals surface area contributed by atoms with E-state index in [1.165, 1.54) is 30.3 Å². The molecule has 0 radical (unpaired) electrons. The monoisotopic (exact) mass is 348 g/mol. The largest absolute Gasteiger partial charge is 0.487 e. The minimum Gasteiger partial charge on any atom is -0.487 e. The molecule has 0 N–H and O–H groups in total. The lowest BCUT2D eigenvalue weighted by atomic mass is 10.2. The molecule has 0 fully saturated rings. The van der Waals surface area contributed by atoms with Crippen LogP contribution in [0.25, 0.3) is 0 Å². The summed E-state index contributed by atoms with van der Waals surface area (Å²) in [6.07, 6.45) is 0. The zero-order valence-corrected chi connectivity index (χ0v) is 13.3. The summed E-state index contributed by atoms with van der Waals surface area (Å²) in [5.74, 6) is -0.420. The molecule has 21 heavy (non-hydrogen) atoms. The van der Waals surface area contributed by atoms with Crippen molar-refractivity contribution in [2.75, 3.05) is 0 Å². The highest BCUT2D eigenvalue weighted by Gasteiger charge is 2.17. The number of hydrogen-bond acceptors (Lipinski definition) is 3. The van der Waals surface area contributed by atoms with E-state index in [1.807, 2.05) is 0 Å². The van der Waals surface area contributed by atoms with Crippen molar-refractivity contribution in [1.29, 1.82) is 0 Å². The second kappa shape index (κ2) is 6.22. The third-order valence-corrected chi connectivity index (χ3v) is 4.33. The Morgan fingerprint density at radius 3 is 2.57 bits per heavy atom. The molecule has 0 heterocycles. The summed E-state index contributed by atoms with van der Waals surface area (Å²) in [5, 5.41) is 0.365. The van der Waals surface area contributed by atoms with E-state index in [4.69, 9.17) is 27.0 Å². The molecule has 2 aromatic rings. The molecule has 0 saturated heterocycles. The molecule has 0 bridgehead atoms. The van der Waals surface area contributed by atoms with Crippen LogP contribution in [-0.4, -0.2) is 8.42 Å². The number of ether oxygens (including phenoxy) is 1. The van der Waals surface area contributed by atoms with Gasteiger partial charge >= 0.3 is 0 Å². The maximum Gasteiger partial charge on any atom is 0.264 e. The van der Waals surface area contributed by atoms with Crippen molar-refractivity contribution in [1.82, 2.24) is 0 Å². The molecule has 3 nitrogen and oxygen atoms in total. The molecule has 112 valence electrons. The SMILES string of the molecule is Cc1ccc(OCc2cc(Cl)ccc2F)c(S(=O)(=O)Cl)c1. The molecule has 0 aliphatic heterocycles. The minimum absolute atomic E-state index is 0.0648. The summed E-state index contributed by atoms with van der Waals surface area (Å²) in [6, 6.07) is 8.60. The zero-order chi connectivity index (χ0) is 15.6. The van der Waals surface area contributed by atoms with E-state index in [0.717, 1.165) is 5.56 Å². The van der Waals surface area contributed by atoms with Crippen molar-refractivity contribution in [3.8, 4) is 5.75 Å². The van der Waals surface area contributed by atoms with E-state index >= 15 is 0 Å². The van der Waals surface area contributed by atoms with Crippen molar-refractivity contribution in [2.24, 2.45) is 0 Å². The summed E-state index contributed by atoms with van der Waals surface area (Å²) < 4.78 is 42.0. The molecule has 0 atom stereocenters. The quantitative estimate of drug-likeness (QED) is 0.774. The highest BCUT2D eigenvalue weighted by Crippen LogP contribution is 2.29. The fourth-order valence-electron chi connectivity index (χ4n) is 1.73. The van der Waals surface area contributed by atoms with E-state index in [9.17, 15) is 12.8 Å². The van der Waals surface area contributed by atoms with Gasteiger partial charge in [0.2, 0.25) is 0 Å². The Morgan fingerprint density at radius 1 is 1.19 bits per heavy atom. The Kier molecular flexibility index (Phi) is 4.76. The van der Waals surface area contributed by atoms with Gasteiger partial charge in [-0.05, 0) is 42.8 Å². The molecule has 0 amide bonds. The van der Waals surface area contributed by atoms with E-state index in [-0.39, 0.29) is 22.8 Å². The van der Waals surface area contributed by atoms with Crippen LogP contribution in [0.3, 0.4) is 0 Å². The molecule has 0 aliphatic rings. The van der Waals surface area contributed by atoms with E-state index < -0.39 is 14.9 Å². The van der Waals surface area contributed by atoms with Crippen LogP contribution >= 0.6 is 22.3 Å². The van der Waals surface area contributed by atoms with Gasteiger partial charge in [-0.1, -0.05) is 17.7 Å². The first kappa shape index (κ1) is 16.1. The number of rotatable bonds is 4. The van der Waals surface area contributed by atoms with Crippen LogP contribution in [-0.2, 0) is 15.7 Å². The fourth-order valence-corrected chi connectivity index (χ4v) is 2.98. The Morgan fingerprint density at radius 2 is 1.90 bits per heavy atom. The molecular weight excluding hydrogens is 338 g/mol. The molecule has 0 spiro atoms. The van der Waals surface area contributed by atoms with Crippen molar-refractivity contribution < 1.29 is 17.5 Å². The van der Waals surface area contributed by atoms with E-state index in [0.29, 0.717) is 5.02 Å². The molecule has 0 saturated carbocycles. The van der Waals surface area contributed by atoms with Crippen LogP contribution in [0.15, 0.2) is 41.3 Å². The predicted molar refractivity (Wildman–Crippen MR) is 80.0 cm³/mol. The first-order valence-corrected chi connectivity index (χ1v) is 8.58. The van der Waals surface area contributed by atoms with Gasteiger partial charge in [0.25, 0.3) is 9.05 Å². The number of hydrogen-bond donors (Lipinski definition) is 0. The van der Waals surface area contributed by atoms with Crippen LogP contribution in [0.4, 0.5) is 4.39 Å². The first-order valence-electron chi connectivity index (χ1n) is 5.89. The fraction of sp³-hybridized carbons (Fsp3) is 0.143. The van der Waals surface area contributed by atoms with Gasteiger partial charge in [0, 0.05) is 21.3 Å². The molecule has 0 unspecified atom stereocenters. The predicted octanol–water partition coefficient (Wildman–Crippen LogP) is 4.29. The van der Waals surface area contributed by atoms with Gasteiger partial charge in [-0.15, -0.1) is 0 Å². The van der Waals surface area contributed by atoms with Crippen molar-refractivity contribution in [3.63, 3.8) is 0 Å². The Hall–Kier alpha value is -1.30. The highest BCUT2D eigenvalue weighted by molar-refractivity contribution is 8.13. The molecule has 2 rings (SSSR count). The average molecular weight is 349 g/mol. The maximum absolute atomic E-state index is 13.6. The minimum atomic E-state index is -3.95. The smallest absolute Gasteiger partial charge is 0.264 e. The second-order valence-electron chi connectivity index (χ2n) is 4.41. The molecular formula is C14H11Cl2FO3S. The van der Waals surface area contributed by atoms with E-state index in [2.05, 4.69) is 0 Å². The third-order valence-electron chi connectivity index (χ3n) is 2.75. The standard InChI is InChI=1S/C14H11Cl2FO3S/c1-9-2-5-13(14(6-9)21(16,18)19)20-8-10-7-11(15)3-4-12(10)17/h2-7H,8H2,1H3. The van der Waals surface area contributed by atoms with E-state index in [1.54, 1.807) is 13.0 Å². The normalized spacial score (nSPS) is 11.4. The second-order valence-corrected chi connectivity index (χ2v) is 7.38. The van der Waals surface area contributed by atoms with Gasteiger partial charge in [-0.2, -0.15) is 0 Å². The Balaban J connectivity index is 2.30. The number of benzene rings is 2. The molecule has 7 heteroatoms. The number of halogens is 3. The van der Waals surface area contributed by atoms with Crippen LogP contribution < -0.4 is 4.74 Å². The molecule has 2 aromatic carbocycles.